The second kappa shape index (κ2) is 9.76. The number of aryl methyl sites for hydroxylation is 3. The molecule has 2 heterocycles. The molecule has 3 aromatic rings. The van der Waals surface area contributed by atoms with Gasteiger partial charge < -0.3 is 14.2 Å². The Kier molecular flexibility index (Phi) is 6.82. The van der Waals surface area contributed by atoms with E-state index in [0.717, 1.165) is 36.0 Å². The van der Waals surface area contributed by atoms with Crippen LogP contribution in [0, 0.1) is 20.8 Å². The molecule has 168 valence electrons. The van der Waals surface area contributed by atoms with Crippen LogP contribution in [0.3, 0.4) is 0 Å². The van der Waals surface area contributed by atoms with Crippen LogP contribution in [0.4, 0.5) is 0 Å². The quantitative estimate of drug-likeness (QED) is 0.537. The lowest BCUT2D eigenvalue weighted by atomic mass is 10.1. The van der Waals surface area contributed by atoms with E-state index in [4.69, 9.17) is 20.9 Å². The average molecular weight is 454 g/mol. The summed E-state index contributed by atoms with van der Waals surface area (Å²) in [5.41, 5.74) is 4.51. The molecule has 0 radical (unpaired) electrons. The monoisotopic (exact) mass is 453 g/mol. The number of carbonyl (C=O) groups excluding carboxylic acids is 1. The maximum absolute atomic E-state index is 13.2. The Bertz CT molecular complexity index is 1090. The summed E-state index contributed by atoms with van der Waals surface area (Å²) in [6, 6.07) is 13.9. The molecule has 1 fully saturated rings. The fourth-order valence-corrected chi connectivity index (χ4v) is 4.07. The molecule has 1 aliphatic rings. The van der Waals surface area contributed by atoms with Gasteiger partial charge >= 0.3 is 0 Å². The molecule has 4 rings (SSSR count). The van der Waals surface area contributed by atoms with Crippen molar-refractivity contribution in [3.63, 3.8) is 0 Å². The van der Waals surface area contributed by atoms with Gasteiger partial charge in [-0.25, -0.2) is 0 Å². The standard InChI is InChI=1S/C25H28ClN3O3/c1-17-4-9-23(18(2)14-17)31-16-22-19(3)32-27-24(22)25(30)29-12-10-28(11-13-29)15-20-5-7-21(26)8-6-20/h4-9,14H,10-13,15-16H2,1-3H3. The van der Waals surface area contributed by atoms with Crippen LogP contribution >= 0.6 is 11.6 Å². The summed E-state index contributed by atoms with van der Waals surface area (Å²) >= 11 is 5.97. The molecule has 6 nitrogen and oxygen atoms in total. The zero-order valence-corrected chi connectivity index (χ0v) is 19.5. The number of piperazine rings is 1. The molecule has 32 heavy (non-hydrogen) atoms. The second-order valence-electron chi connectivity index (χ2n) is 8.32. The van der Waals surface area contributed by atoms with Gasteiger partial charge in [0.2, 0.25) is 0 Å². The number of ether oxygens (including phenoxy) is 1. The van der Waals surface area contributed by atoms with E-state index >= 15 is 0 Å². The van der Waals surface area contributed by atoms with Crippen LogP contribution in [0.25, 0.3) is 0 Å². The van der Waals surface area contributed by atoms with E-state index in [1.54, 1.807) is 0 Å². The Balaban J connectivity index is 1.37. The third kappa shape index (κ3) is 5.14. The first kappa shape index (κ1) is 22.4. The van der Waals surface area contributed by atoms with Gasteiger partial charge in [-0.05, 0) is 50.1 Å². The number of nitrogens with zero attached hydrogens (tertiary/aromatic N) is 3. The van der Waals surface area contributed by atoms with Gasteiger partial charge in [0.15, 0.2) is 5.69 Å². The summed E-state index contributed by atoms with van der Waals surface area (Å²) in [5.74, 6) is 1.30. The Morgan fingerprint density at radius 2 is 1.78 bits per heavy atom. The molecule has 1 aliphatic heterocycles. The van der Waals surface area contributed by atoms with Crippen molar-refractivity contribution in [1.29, 1.82) is 0 Å². The highest BCUT2D eigenvalue weighted by Crippen LogP contribution is 2.23. The van der Waals surface area contributed by atoms with Gasteiger partial charge in [-0.3, -0.25) is 9.69 Å². The van der Waals surface area contributed by atoms with Gasteiger partial charge in [0.05, 0.1) is 5.56 Å². The van der Waals surface area contributed by atoms with E-state index in [-0.39, 0.29) is 12.5 Å². The van der Waals surface area contributed by atoms with Crippen molar-refractivity contribution < 1.29 is 14.1 Å². The van der Waals surface area contributed by atoms with Gasteiger partial charge in [-0.2, -0.15) is 0 Å². The van der Waals surface area contributed by atoms with Crippen molar-refractivity contribution in [2.45, 2.75) is 33.9 Å². The first-order valence-corrected chi connectivity index (χ1v) is 11.2. The molecule has 0 N–H and O–H groups in total. The number of aromatic nitrogens is 1. The Morgan fingerprint density at radius 1 is 1.06 bits per heavy atom. The van der Waals surface area contributed by atoms with Gasteiger partial charge in [-0.15, -0.1) is 0 Å². The highest BCUT2D eigenvalue weighted by atomic mass is 35.5. The molecule has 0 aliphatic carbocycles. The van der Waals surface area contributed by atoms with Gasteiger partial charge in [0.1, 0.15) is 18.1 Å². The van der Waals surface area contributed by atoms with Gasteiger partial charge in [-0.1, -0.05) is 46.6 Å². The number of rotatable bonds is 6. The molecule has 1 aromatic heterocycles. The highest BCUT2D eigenvalue weighted by molar-refractivity contribution is 6.30. The zero-order valence-electron chi connectivity index (χ0n) is 18.7. The van der Waals surface area contributed by atoms with Crippen molar-refractivity contribution in [2.75, 3.05) is 26.2 Å². The molecular formula is C25H28ClN3O3. The van der Waals surface area contributed by atoms with E-state index in [1.165, 1.54) is 11.1 Å². The number of halogens is 1. The molecule has 7 heteroatoms. The lowest BCUT2D eigenvalue weighted by Gasteiger charge is -2.34. The highest BCUT2D eigenvalue weighted by Gasteiger charge is 2.28. The van der Waals surface area contributed by atoms with Crippen molar-refractivity contribution in [2.24, 2.45) is 0 Å². The van der Waals surface area contributed by atoms with Crippen LogP contribution in [-0.4, -0.2) is 47.0 Å². The van der Waals surface area contributed by atoms with Crippen molar-refractivity contribution in [1.82, 2.24) is 15.0 Å². The van der Waals surface area contributed by atoms with E-state index < -0.39 is 0 Å². The Morgan fingerprint density at radius 3 is 2.47 bits per heavy atom. The maximum Gasteiger partial charge on any atom is 0.276 e. The number of hydrogen-bond acceptors (Lipinski definition) is 5. The number of hydrogen-bond donors (Lipinski definition) is 0. The minimum atomic E-state index is -0.104. The molecule has 1 amide bonds. The third-order valence-electron chi connectivity index (χ3n) is 5.87. The van der Waals surface area contributed by atoms with Gasteiger partial charge in [0, 0.05) is 37.7 Å². The topological polar surface area (TPSA) is 58.8 Å². The maximum atomic E-state index is 13.2. The Labute approximate surface area is 193 Å². The summed E-state index contributed by atoms with van der Waals surface area (Å²) in [5, 5.41) is 4.80. The number of benzene rings is 2. The van der Waals surface area contributed by atoms with E-state index in [1.807, 2.05) is 62.1 Å². The third-order valence-corrected chi connectivity index (χ3v) is 6.12. The van der Waals surface area contributed by atoms with Crippen molar-refractivity contribution >= 4 is 17.5 Å². The first-order valence-electron chi connectivity index (χ1n) is 10.8. The largest absolute Gasteiger partial charge is 0.488 e. The number of carbonyl (C=O) groups is 1. The summed E-state index contributed by atoms with van der Waals surface area (Å²) < 4.78 is 11.4. The molecule has 1 saturated heterocycles. The minimum absolute atomic E-state index is 0.104. The summed E-state index contributed by atoms with van der Waals surface area (Å²) in [7, 11) is 0. The minimum Gasteiger partial charge on any atom is -0.488 e. The van der Waals surface area contributed by atoms with E-state index in [2.05, 4.69) is 16.1 Å². The molecule has 0 saturated carbocycles. The molecular weight excluding hydrogens is 426 g/mol. The summed E-state index contributed by atoms with van der Waals surface area (Å²) in [4.78, 5) is 17.4. The predicted octanol–water partition coefficient (Wildman–Crippen LogP) is 4.79. The lowest BCUT2D eigenvalue weighted by Crippen LogP contribution is -2.48. The fraction of sp³-hybridized carbons (Fsp3) is 0.360. The van der Waals surface area contributed by atoms with Crippen LogP contribution in [0.5, 0.6) is 5.75 Å². The summed E-state index contributed by atoms with van der Waals surface area (Å²) in [6.07, 6.45) is 0. The van der Waals surface area contributed by atoms with Crippen molar-refractivity contribution in [3.8, 4) is 5.75 Å². The Hall–Kier alpha value is -2.83. The molecule has 2 aromatic carbocycles. The van der Waals surface area contributed by atoms with Crippen LogP contribution < -0.4 is 4.74 Å². The average Bonchev–Trinajstić information content (AvgIpc) is 3.15. The number of amides is 1. The molecule has 0 bridgehead atoms. The van der Waals surface area contributed by atoms with Gasteiger partial charge in [0.25, 0.3) is 5.91 Å². The van der Waals surface area contributed by atoms with Crippen molar-refractivity contribution in [3.05, 3.63) is 81.2 Å². The first-order chi connectivity index (χ1) is 15.4. The van der Waals surface area contributed by atoms with Crippen LogP contribution in [0.1, 0.15) is 38.5 Å². The van der Waals surface area contributed by atoms with Crippen LogP contribution in [0.2, 0.25) is 5.02 Å². The van der Waals surface area contributed by atoms with E-state index in [0.29, 0.717) is 30.1 Å². The second-order valence-corrected chi connectivity index (χ2v) is 8.75. The van der Waals surface area contributed by atoms with E-state index in [9.17, 15) is 4.79 Å². The predicted molar refractivity (Wildman–Crippen MR) is 124 cm³/mol. The normalized spacial score (nSPS) is 14.6. The lowest BCUT2D eigenvalue weighted by molar-refractivity contribution is 0.0616. The molecule has 0 unspecified atom stereocenters. The fourth-order valence-electron chi connectivity index (χ4n) is 3.95. The van der Waals surface area contributed by atoms with Crippen LogP contribution in [0.15, 0.2) is 47.0 Å². The molecule has 0 spiro atoms. The smallest absolute Gasteiger partial charge is 0.276 e. The van der Waals surface area contributed by atoms with Crippen LogP contribution in [-0.2, 0) is 13.2 Å². The molecule has 0 atom stereocenters. The summed E-state index contributed by atoms with van der Waals surface area (Å²) in [6.45, 7) is 9.87. The zero-order chi connectivity index (χ0) is 22.7. The SMILES string of the molecule is Cc1ccc(OCc2c(C(=O)N3CCN(Cc4ccc(Cl)cc4)CC3)noc2C)c(C)c1.